The number of carboxylic acids is 1. The molecule has 0 saturated carbocycles. The van der Waals surface area contributed by atoms with Gasteiger partial charge in [-0.05, 0) is 40.7 Å². The van der Waals surface area contributed by atoms with E-state index in [1.165, 1.54) is 11.8 Å². The minimum absolute atomic E-state index is 0.0805. The quantitative estimate of drug-likeness (QED) is 0.894. The molecule has 20 heavy (non-hydrogen) atoms. The van der Waals surface area contributed by atoms with Crippen molar-refractivity contribution < 1.29 is 9.90 Å². The predicted molar refractivity (Wildman–Crippen MR) is 80.1 cm³/mol. The van der Waals surface area contributed by atoms with Crippen LogP contribution in [0.15, 0.2) is 36.7 Å². The molecule has 0 spiro atoms. The van der Waals surface area contributed by atoms with Crippen LogP contribution in [0.2, 0.25) is 0 Å². The van der Waals surface area contributed by atoms with E-state index in [1.54, 1.807) is 12.3 Å². The number of carbonyl (C=O) groups is 1. The number of rotatable bonds is 2. The molecule has 0 aliphatic heterocycles. The Balaban J connectivity index is 2.58. The molecule has 1 N–H and O–H groups in total. The monoisotopic (exact) mass is 269 g/mol. The molecule has 0 amide bonds. The first-order valence-corrected chi connectivity index (χ1v) is 6.59. The van der Waals surface area contributed by atoms with Crippen LogP contribution in [0.4, 0.5) is 0 Å². The lowest BCUT2D eigenvalue weighted by molar-refractivity contribution is 0.0697. The number of hydrogen-bond donors (Lipinski definition) is 1. The van der Waals surface area contributed by atoms with Crippen LogP contribution in [0.1, 0.15) is 42.3 Å². The first kappa shape index (κ1) is 14.3. The van der Waals surface area contributed by atoms with E-state index in [0.29, 0.717) is 5.56 Å². The molecule has 104 valence electrons. The zero-order valence-electron chi connectivity index (χ0n) is 12.3. The molecule has 1 aromatic heterocycles. The van der Waals surface area contributed by atoms with Gasteiger partial charge < -0.3 is 5.11 Å². The average Bonchev–Trinajstić information content (AvgIpc) is 2.37. The first-order chi connectivity index (χ1) is 9.30. The predicted octanol–water partition coefficient (Wildman–Crippen LogP) is 4.05. The highest BCUT2D eigenvalue weighted by atomic mass is 16.4. The van der Waals surface area contributed by atoms with Gasteiger partial charge in [0.2, 0.25) is 0 Å². The van der Waals surface area contributed by atoms with Crippen molar-refractivity contribution in [1.29, 1.82) is 0 Å². The third-order valence-electron chi connectivity index (χ3n) is 3.43. The van der Waals surface area contributed by atoms with Crippen molar-refractivity contribution in [1.82, 2.24) is 4.98 Å². The minimum atomic E-state index is -0.951. The van der Waals surface area contributed by atoms with Crippen molar-refractivity contribution in [3.63, 3.8) is 0 Å². The highest BCUT2D eigenvalue weighted by Crippen LogP contribution is 2.30. The Morgan fingerprint density at radius 2 is 1.85 bits per heavy atom. The zero-order valence-corrected chi connectivity index (χ0v) is 12.3. The molecule has 2 aromatic rings. The molecule has 0 bridgehead atoms. The normalized spacial score (nSPS) is 11.4. The smallest absolute Gasteiger partial charge is 0.337 e. The fraction of sp³-hybridized carbons (Fsp3) is 0.294. The van der Waals surface area contributed by atoms with Crippen LogP contribution >= 0.6 is 0 Å². The number of carboxylic acid groups (broad SMARTS) is 1. The second kappa shape index (κ2) is 5.08. The molecule has 0 unspecified atom stereocenters. The SMILES string of the molecule is Cc1cc(C(C)(C)C)ccc1-c1ccncc1C(=O)O. The number of pyridine rings is 1. The summed E-state index contributed by atoms with van der Waals surface area (Å²) in [5, 5.41) is 9.26. The summed E-state index contributed by atoms with van der Waals surface area (Å²) in [6.45, 7) is 8.50. The van der Waals surface area contributed by atoms with Gasteiger partial charge in [0, 0.05) is 12.4 Å². The maximum atomic E-state index is 11.3. The van der Waals surface area contributed by atoms with Gasteiger partial charge in [-0.15, -0.1) is 0 Å². The van der Waals surface area contributed by atoms with Gasteiger partial charge in [0.25, 0.3) is 0 Å². The van der Waals surface area contributed by atoms with E-state index in [9.17, 15) is 9.90 Å². The lowest BCUT2D eigenvalue weighted by Gasteiger charge is -2.21. The van der Waals surface area contributed by atoms with Crippen molar-refractivity contribution in [2.24, 2.45) is 0 Å². The number of aromatic nitrogens is 1. The third kappa shape index (κ3) is 2.72. The topological polar surface area (TPSA) is 50.2 Å². The second-order valence-electron chi connectivity index (χ2n) is 6.01. The number of benzene rings is 1. The van der Waals surface area contributed by atoms with E-state index in [4.69, 9.17) is 0 Å². The van der Waals surface area contributed by atoms with Gasteiger partial charge in [-0.3, -0.25) is 4.98 Å². The molecule has 2 rings (SSSR count). The highest BCUT2D eigenvalue weighted by Gasteiger charge is 2.17. The molecular formula is C17H19NO2. The Morgan fingerprint density at radius 1 is 1.15 bits per heavy atom. The Labute approximate surface area is 119 Å². The summed E-state index contributed by atoms with van der Waals surface area (Å²) in [6, 6.07) is 7.94. The summed E-state index contributed by atoms with van der Waals surface area (Å²) < 4.78 is 0. The maximum absolute atomic E-state index is 11.3. The Hall–Kier alpha value is -2.16. The van der Waals surface area contributed by atoms with E-state index in [-0.39, 0.29) is 11.0 Å². The van der Waals surface area contributed by atoms with Crippen molar-refractivity contribution in [3.05, 3.63) is 53.3 Å². The molecule has 0 radical (unpaired) electrons. The van der Waals surface area contributed by atoms with Gasteiger partial charge in [-0.1, -0.05) is 39.0 Å². The van der Waals surface area contributed by atoms with Gasteiger partial charge in [0.15, 0.2) is 0 Å². The Kier molecular flexibility index (Phi) is 3.62. The lowest BCUT2D eigenvalue weighted by atomic mass is 9.84. The van der Waals surface area contributed by atoms with Crippen molar-refractivity contribution in [2.75, 3.05) is 0 Å². The fourth-order valence-corrected chi connectivity index (χ4v) is 2.23. The maximum Gasteiger partial charge on any atom is 0.337 e. The van der Waals surface area contributed by atoms with Crippen LogP contribution in [0.3, 0.4) is 0 Å². The van der Waals surface area contributed by atoms with Gasteiger partial charge in [-0.25, -0.2) is 4.79 Å². The number of nitrogens with zero attached hydrogens (tertiary/aromatic N) is 1. The third-order valence-corrected chi connectivity index (χ3v) is 3.43. The van der Waals surface area contributed by atoms with Crippen LogP contribution in [0.25, 0.3) is 11.1 Å². The molecular weight excluding hydrogens is 250 g/mol. The summed E-state index contributed by atoms with van der Waals surface area (Å²) in [7, 11) is 0. The van der Waals surface area contributed by atoms with Gasteiger partial charge >= 0.3 is 5.97 Å². The Morgan fingerprint density at radius 3 is 2.40 bits per heavy atom. The zero-order chi connectivity index (χ0) is 14.9. The van der Waals surface area contributed by atoms with Gasteiger partial charge in [0.05, 0.1) is 5.56 Å². The molecule has 0 saturated heterocycles. The van der Waals surface area contributed by atoms with Crippen LogP contribution in [-0.4, -0.2) is 16.1 Å². The van der Waals surface area contributed by atoms with E-state index >= 15 is 0 Å². The van der Waals surface area contributed by atoms with E-state index in [0.717, 1.165) is 11.1 Å². The molecule has 0 atom stereocenters. The van der Waals surface area contributed by atoms with Crippen LogP contribution in [-0.2, 0) is 5.41 Å². The standard InChI is InChI=1S/C17H19NO2/c1-11-9-12(17(2,3)4)5-6-13(11)14-7-8-18-10-15(14)16(19)20/h5-10H,1-4H3,(H,19,20). The van der Waals surface area contributed by atoms with E-state index < -0.39 is 5.97 Å². The summed E-state index contributed by atoms with van der Waals surface area (Å²) >= 11 is 0. The summed E-state index contributed by atoms with van der Waals surface area (Å²) in [5.74, 6) is -0.951. The van der Waals surface area contributed by atoms with Crippen LogP contribution in [0, 0.1) is 6.92 Å². The van der Waals surface area contributed by atoms with Crippen LogP contribution < -0.4 is 0 Å². The van der Waals surface area contributed by atoms with Crippen molar-refractivity contribution in [3.8, 4) is 11.1 Å². The van der Waals surface area contributed by atoms with E-state index in [2.05, 4.69) is 37.9 Å². The number of aryl methyl sites for hydroxylation is 1. The molecule has 3 nitrogen and oxygen atoms in total. The minimum Gasteiger partial charge on any atom is -0.478 e. The highest BCUT2D eigenvalue weighted by molar-refractivity contribution is 5.96. The van der Waals surface area contributed by atoms with Gasteiger partial charge in [0.1, 0.15) is 0 Å². The van der Waals surface area contributed by atoms with Crippen molar-refractivity contribution in [2.45, 2.75) is 33.1 Å². The van der Waals surface area contributed by atoms with Gasteiger partial charge in [-0.2, -0.15) is 0 Å². The molecule has 3 heteroatoms. The summed E-state index contributed by atoms with van der Waals surface area (Å²) in [6.07, 6.45) is 3.02. The first-order valence-electron chi connectivity index (χ1n) is 6.59. The number of aromatic carboxylic acids is 1. The number of hydrogen-bond acceptors (Lipinski definition) is 2. The van der Waals surface area contributed by atoms with Crippen molar-refractivity contribution >= 4 is 5.97 Å². The lowest BCUT2D eigenvalue weighted by Crippen LogP contribution is -2.11. The fourth-order valence-electron chi connectivity index (χ4n) is 2.23. The van der Waals surface area contributed by atoms with Crippen LogP contribution in [0.5, 0.6) is 0 Å². The molecule has 0 aliphatic rings. The summed E-state index contributed by atoms with van der Waals surface area (Å²) in [5.41, 5.74) is 4.29. The Bertz CT molecular complexity index is 654. The average molecular weight is 269 g/mol. The van der Waals surface area contributed by atoms with E-state index in [1.807, 2.05) is 13.0 Å². The molecule has 1 heterocycles. The molecule has 0 fully saturated rings. The largest absolute Gasteiger partial charge is 0.478 e. The molecule has 1 aromatic carbocycles. The second-order valence-corrected chi connectivity index (χ2v) is 6.01. The summed E-state index contributed by atoms with van der Waals surface area (Å²) in [4.78, 5) is 15.2. The molecule has 0 aliphatic carbocycles.